The van der Waals surface area contributed by atoms with Gasteiger partial charge in [0.05, 0.1) is 12.0 Å². The van der Waals surface area contributed by atoms with Gasteiger partial charge in [-0.2, -0.15) is 0 Å². The second-order valence-electron chi connectivity index (χ2n) is 4.46. The number of halogens is 2. The van der Waals surface area contributed by atoms with E-state index in [1.807, 2.05) is 0 Å². The van der Waals surface area contributed by atoms with Crippen molar-refractivity contribution in [2.24, 2.45) is 0 Å². The first-order chi connectivity index (χ1) is 9.03. The Morgan fingerprint density at radius 2 is 2.20 bits per heavy atom. The molecular weight excluding hydrogens is 307 g/mol. The minimum atomic E-state index is -3.69. The molecular formula is C12H18ClFN2O3S. The van der Waals surface area contributed by atoms with E-state index < -0.39 is 15.8 Å². The van der Waals surface area contributed by atoms with Gasteiger partial charge in [-0.1, -0.05) is 0 Å². The van der Waals surface area contributed by atoms with Gasteiger partial charge in [-0.05, 0) is 37.6 Å². The van der Waals surface area contributed by atoms with E-state index in [2.05, 4.69) is 10.0 Å². The van der Waals surface area contributed by atoms with Crippen LogP contribution in [0.4, 0.5) is 4.39 Å². The van der Waals surface area contributed by atoms with Crippen LogP contribution in [0.15, 0.2) is 23.1 Å². The monoisotopic (exact) mass is 324 g/mol. The summed E-state index contributed by atoms with van der Waals surface area (Å²) < 4.78 is 45.1. The van der Waals surface area contributed by atoms with Crippen molar-refractivity contribution in [3.05, 3.63) is 24.0 Å². The summed E-state index contributed by atoms with van der Waals surface area (Å²) in [7, 11) is -2.36. The average Bonchev–Trinajstić information content (AvgIpc) is 2.39. The number of hydrogen-bond donors (Lipinski definition) is 2. The average molecular weight is 325 g/mol. The predicted molar refractivity (Wildman–Crippen MR) is 76.4 cm³/mol. The fourth-order valence-electron chi connectivity index (χ4n) is 2.05. The van der Waals surface area contributed by atoms with Crippen LogP contribution >= 0.6 is 12.4 Å². The highest BCUT2D eigenvalue weighted by molar-refractivity contribution is 7.89. The summed E-state index contributed by atoms with van der Waals surface area (Å²) in [5, 5.41) is 3.12. The van der Waals surface area contributed by atoms with Gasteiger partial charge in [0.2, 0.25) is 10.0 Å². The van der Waals surface area contributed by atoms with Crippen LogP contribution in [-0.4, -0.2) is 34.7 Å². The molecule has 0 bridgehead atoms. The number of rotatable bonds is 4. The molecule has 1 aliphatic rings. The lowest BCUT2D eigenvalue weighted by atomic mass is 10.1. The van der Waals surface area contributed by atoms with E-state index in [1.54, 1.807) is 0 Å². The van der Waals surface area contributed by atoms with Crippen LogP contribution in [0.25, 0.3) is 0 Å². The number of hydrogen-bond acceptors (Lipinski definition) is 4. The second-order valence-corrected chi connectivity index (χ2v) is 6.17. The molecule has 1 aliphatic heterocycles. The molecule has 0 unspecified atom stereocenters. The molecule has 2 N–H and O–H groups in total. The molecule has 1 fully saturated rings. The van der Waals surface area contributed by atoms with E-state index in [-0.39, 0.29) is 29.1 Å². The maximum absolute atomic E-state index is 13.5. The zero-order valence-electron chi connectivity index (χ0n) is 11.1. The Kier molecular flexibility index (Phi) is 6.19. The molecule has 1 aromatic carbocycles. The first-order valence-electron chi connectivity index (χ1n) is 6.09. The van der Waals surface area contributed by atoms with E-state index in [0.717, 1.165) is 25.5 Å². The van der Waals surface area contributed by atoms with Gasteiger partial charge < -0.3 is 10.1 Å². The number of piperidine rings is 1. The molecule has 0 spiro atoms. The molecule has 2 rings (SSSR count). The Bertz CT molecular complexity index is 548. The Balaban J connectivity index is 0.00000200. The zero-order chi connectivity index (χ0) is 13.9. The molecule has 5 nitrogen and oxygen atoms in total. The SMILES string of the molecule is COc1ccc(S(=O)(=O)N[C@H]2CCCNC2)cc1F.Cl. The molecule has 0 radical (unpaired) electrons. The van der Waals surface area contributed by atoms with Gasteiger partial charge in [-0.15, -0.1) is 12.4 Å². The molecule has 0 saturated carbocycles. The lowest BCUT2D eigenvalue weighted by Gasteiger charge is -2.23. The van der Waals surface area contributed by atoms with Gasteiger partial charge in [0.15, 0.2) is 11.6 Å². The largest absolute Gasteiger partial charge is 0.494 e. The number of nitrogens with one attached hydrogen (secondary N) is 2. The summed E-state index contributed by atoms with van der Waals surface area (Å²) in [5.41, 5.74) is 0. The van der Waals surface area contributed by atoms with E-state index in [4.69, 9.17) is 4.74 Å². The fraction of sp³-hybridized carbons (Fsp3) is 0.500. The minimum Gasteiger partial charge on any atom is -0.494 e. The molecule has 1 heterocycles. The van der Waals surface area contributed by atoms with Crippen LogP contribution in [-0.2, 0) is 10.0 Å². The standard InChI is InChI=1S/C12H17FN2O3S.ClH/c1-18-12-5-4-10(7-11(12)13)19(16,17)15-9-3-2-6-14-8-9;/h4-5,7,9,14-15H,2-3,6,8H2,1H3;1H/t9-;/m0./s1. The van der Waals surface area contributed by atoms with Crippen molar-refractivity contribution in [2.75, 3.05) is 20.2 Å². The highest BCUT2D eigenvalue weighted by Gasteiger charge is 2.22. The van der Waals surface area contributed by atoms with Crippen LogP contribution < -0.4 is 14.8 Å². The number of benzene rings is 1. The van der Waals surface area contributed by atoms with Crippen LogP contribution in [0.1, 0.15) is 12.8 Å². The van der Waals surface area contributed by atoms with Crippen LogP contribution in [0.3, 0.4) is 0 Å². The molecule has 0 amide bonds. The summed E-state index contributed by atoms with van der Waals surface area (Å²) in [6.07, 6.45) is 1.70. The van der Waals surface area contributed by atoms with Crippen molar-refractivity contribution in [1.82, 2.24) is 10.0 Å². The van der Waals surface area contributed by atoms with Gasteiger partial charge >= 0.3 is 0 Å². The second kappa shape index (κ2) is 7.21. The molecule has 114 valence electrons. The van der Waals surface area contributed by atoms with Crippen molar-refractivity contribution in [3.8, 4) is 5.75 Å². The van der Waals surface area contributed by atoms with Crippen molar-refractivity contribution in [1.29, 1.82) is 0 Å². The summed E-state index contributed by atoms with van der Waals surface area (Å²) in [6, 6.07) is 3.46. The van der Waals surface area contributed by atoms with Crippen LogP contribution in [0, 0.1) is 5.82 Å². The smallest absolute Gasteiger partial charge is 0.240 e. The van der Waals surface area contributed by atoms with Crippen LogP contribution in [0.5, 0.6) is 5.75 Å². The maximum Gasteiger partial charge on any atom is 0.240 e. The van der Waals surface area contributed by atoms with E-state index in [9.17, 15) is 12.8 Å². The van der Waals surface area contributed by atoms with Crippen molar-refractivity contribution < 1.29 is 17.5 Å². The number of ether oxygens (including phenoxy) is 1. The quantitative estimate of drug-likeness (QED) is 0.875. The molecule has 1 aromatic rings. The normalized spacial score (nSPS) is 19.2. The summed E-state index contributed by atoms with van der Waals surface area (Å²) in [4.78, 5) is -0.0867. The number of methoxy groups -OCH3 is 1. The first-order valence-corrected chi connectivity index (χ1v) is 7.58. The Morgan fingerprint density at radius 3 is 2.75 bits per heavy atom. The third kappa shape index (κ3) is 4.05. The summed E-state index contributed by atoms with van der Waals surface area (Å²) in [5.74, 6) is -0.662. The topological polar surface area (TPSA) is 67.4 Å². The maximum atomic E-state index is 13.5. The summed E-state index contributed by atoms with van der Waals surface area (Å²) >= 11 is 0. The minimum absolute atomic E-state index is 0. The van der Waals surface area contributed by atoms with E-state index in [1.165, 1.54) is 19.2 Å². The van der Waals surface area contributed by atoms with Gasteiger partial charge in [0.25, 0.3) is 0 Å². The Labute approximate surface area is 124 Å². The lowest BCUT2D eigenvalue weighted by Crippen LogP contribution is -2.45. The van der Waals surface area contributed by atoms with E-state index in [0.29, 0.717) is 6.54 Å². The van der Waals surface area contributed by atoms with Gasteiger partial charge in [0, 0.05) is 12.6 Å². The third-order valence-corrected chi connectivity index (χ3v) is 4.57. The van der Waals surface area contributed by atoms with Gasteiger partial charge in [0.1, 0.15) is 0 Å². The molecule has 1 saturated heterocycles. The van der Waals surface area contributed by atoms with Crippen molar-refractivity contribution in [3.63, 3.8) is 0 Å². The fourth-order valence-corrected chi connectivity index (χ4v) is 3.34. The Hall–Kier alpha value is -0.890. The molecule has 0 aromatic heterocycles. The Morgan fingerprint density at radius 1 is 1.45 bits per heavy atom. The van der Waals surface area contributed by atoms with Crippen molar-refractivity contribution in [2.45, 2.75) is 23.8 Å². The van der Waals surface area contributed by atoms with Gasteiger partial charge in [-0.25, -0.2) is 17.5 Å². The lowest BCUT2D eigenvalue weighted by molar-refractivity contribution is 0.385. The molecule has 20 heavy (non-hydrogen) atoms. The number of sulfonamides is 1. The zero-order valence-corrected chi connectivity index (χ0v) is 12.7. The summed E-state index contributed by atoms with van der Waals surface area (Å²) in [6.45, 7) is 1.49. The first kappa shape index (κ1) is 17.2. The molecule has 0 aliphatic carbocycles. The predicted octanol–water partition coefficient (Wildman–Crippen LogP) is 1.29. The highest BCUT2D eigenvalue weighted by Crippen LogP contribution is 2.21. The van der Waals surface area contributed by atoms with Crippen molar-refractivity contribution >= 4 is 22.4 Å². The molecule has 1 atom stereocenters. The van der Waals surface area contributed by atoms with Gasteiger partial charge in [-0.3, -0.25) is 0 Å². The molecule has 8 heteroatoms. The highest BCUT2D eigenvalue weighted by atomic mass is 35.5. The van der Waals surface area contributed by atoms with E-state index >= 15 is 0 Å². The van der Waals surface area contributed by atoms with Crippen LogP contribution in [0.2, 0.25) is 0 Å². The third-order valence-electron chi connectivity index (χ3n) is 3.05.